The molecule has 0 heterocycles. The van der Waals surface area contributed by atoms with Crippen LogP contribution in [-0.4, -0.2) is 69.8 Å². The molecule has 0 radical (unpaired) electrons. The maximum Gasteiger partial charge on any atom is 0.404 e. The molecule has 0 aromatic rings. The van der Waals surface area contributed by atoms with Crippen LogP contribution in [0.25, 0.3) is 0 Å². The van der Waals surface area contributed by atoms with Crippen LogP contribution in [0.1, 0.15) is 12.8 Å². The Labute approximate surface area is 130 Å². The minimum absolute atomic E-state index is 0.179. The van der Waals surface area contributed by atoms with Crippen LogP contribution in [0.5, 0.6) is 0 Å². The lowest BCUT2D eigenvalue weighted by Gasteiger charge is -2.07. The molecule has 8 heteroatoms. The first-order valence-corrected chi connectivity index (χ1v) is 7.27. The summed E-state index contributed by atoms with van der Waals surface area (Å²) >= 11 is 0. The zero-order chi connectivity index (χ0) is 16.5. The number of carbonyl (C=O) groups is 2. The Balaban J connectivity index is 3.04. The Kier molecular flexibility index (Phi) is 14.6. The summed E-state index contributed by atoms with van der Waals surface area (Å²) < 4.78 is 15.9. The molecule has 0 aromatic heterocycles. The molecule has 0 fully saturated rings. The monoisotopic (exact) mass is 318 g/mol. The molecular weight excluding hydrogens is 292 g/mol. The number of hydrogen-bond acceptors (Lipinski definition) is 5. The summed E-state index contributed by atoms with van der Waals surface area (Å²) in [4.78, 5) is 21.0. The second-order valence-corrected chi connectivity index (χ2v) is 4.27. The van der Waals surface area contributed by atoms with E-state index in [4.69, 9.17) is 19.3 Å². The summed E-state index contributed by atoms with van der Waals surface area (Å²) in [5.41, 5.74) is 0. The summed E-state index contributed by atoms with van der Waals surface area (Å²) in [5, 5.41) is 13.2. The first-order valence-electron chi connectivity index (χ1n) is 7.27. The molecule has 0 spiro atoms. The van der Waals surface area contributed by atoms with E-state index < -0.39 is 6.09 Å². The molecule has 0 bridgehead atoms. The fourth-order valence-electron chi connectivity index (χ4n) is 1.37. The highest BCUT2D eigenvalue weighted by Gasteiger charge is 1.95. The zero-order valence-electron chi connectivity index (χ0n) is 12.8. The van der Waals surface area contributed by atoms with Gasteiger partial charge in [0.25, 0.3) is 0 Å². The molecule has 0 atom stereocenters. The van der Waals surface area contributed by atoms with E-state index in [1.807, 2.05) is 0 Å². The van der Waals surface area contributed by atoms with Crippen LogP contribution in [0.4, 0.5) is 4.79 Å². The van der Waals surface area contributed by atoms with Crippen molar-refractivity contribution in [2.24, 2.45) is 0 Å². The smallest absolute Gasteiger partial charge is 0.404 e. The predicted molar refractivity (Wildman–Crippen MR) is 80.9 cm³/mol. The molecule has 3 N–H and O–H groups in total. The van der Waals surface area contributed by atoms with E-state index in [2.05, 4.69) is 17.2 Å². The first-order chi connectivity index (χ1) is 10.7. The van der Waals surface area contributed by atoms with Gasteiger partial charge in [0.2, 0.25) is 5.91 Å². The number of hydrogen-bond donors (Lipinski definition) is 3. The molecule has 22 heavy (non-hydrogen) atoms. The average molecular weight is 318 g/mol. The van der Waals surface area contributed by atoms with Gasteiger partial charge in [0.05, 0.1) is 26.4 Å². The summed E-state index contributed by atoms with van der Waals surface area (Å²) in [6.45, 7) is 7.30. The topological polar surface area (TPSA) is 106 Å². The Morgan fingerprint density at radius 2 is 1.32 bits per heavy atom. The van der Waals surface area contributed by atoms with Gasteiger partial charge < -0.3 is 30.0 Å². The lowest BCUT2D eigenvalue weighted by molar-refractivity contribution is -0.116. The zero-order valence-corrected chi connectivity index (χ0v) is 12.8. The van der Waals surface area contributed by atoms with E-state index in [-0.39, 0.29) is 5.91 Å². The van der Waals surface area contributed by atoms with Crippen molar-refractivity contribution in [1.82, 2.24) is 10.6 Å². The normalized spacial score (nSPS) is 10.2. The van der Waals surface area contributed by atoms with Crippen molar-refractivity contribution in [1.29, 1.82) is 0 Å². The summed E-state index contributed by atoms with van der Waals surface area (Å²) in [7, 11) is 0. The van der Waals surface area contributed by atoms with E-state index in [9.17, 15) is 9.59 Å². The largest absolute Gasteiger partial charge is 0.465 e. The minimum atomic E-state index is -1.02. The molecule has 0 unspecified atom stereocenters. The summed E-state index contributed by atoms with van der Waals surface area (Å²) in [6.07, 6.45) is 1.59. The highest BCUT2D eigenvalue weighted by molar-refractivity contribution is 5.86. The van der Waals surface area contributed by atoms with Crippen LogP contribution in [0.15, 0.2) is 12.7 Å². The van der Waals surface area contributed by atoms with Crippen LogP contribution in [-0.2, 0) is 19.0 Å². The molecule has 0 aromatic carbocycles. The second-order valence-electron chi connectivity index (χ2n) is 4.27. The van der Waals surface area contributed by atoms with Crippen molar-refractivity contribution < 1.29 is 28.9 Å². The predicted octanol–water partition coefficient (Wildman–Crippen LogP) is 0.386. The molecule has 0 aliphatic rings. The van der Waals surface area contributed by atoms with Crippen molar-refractivity contribution in [2.75, 3.05) is 52.7 Å². The lowest BCUT2D eigenvalue weighted by atomic mass is 10.4. The number of rotatable bonds is 15. The van der Waals surface area contributed by atoms with Gasteiger partial charge in [0.1, 0.15) is 0 Å². The SMILES string of the molecule is C=CC(=O)NCCCOCCOCCOCCCNC(=O)O. The molecule has 0 saturated heterocycles. The van der Waals surface area contributed by atoms with E-state index in [0.29, 0.717) is 59.2 Å². The third kappa shape index (κ3) is 16.4. The van der Waals surface area contributed by atoms with Gasteiger partial charge >= 0.3 is 6.09 Å². The number of carbonyl (C=O) groups excluding carboxylic acids is 1. The van der Waals surface area contributed by atoms with Gasteiger partial charge in [-0.3, -0.25) is 4.79 Å². The Morgan fingerprint density at radius 1 is 0.864 bits per heavy atom. The third-order valence-corrected chi connectivity index (χ3v) is 2.44. The minimum Gasteiger partial charge on any atom is -0.465 e. The molecule has 128 valence electrons. The summed E-state index contributed by atoms with van der Waals surface area (Å²) in [5.74, 6) is -0.179. The van der Waals surface area contributed by atoms with Crippen molar-refractivity contribution in [3.05, 3.63) is 12.7 Å². The number of nitrogens with one attached hydrogen (secondary N) is 2. The van der Waals surface area contributed by atoms with Gasteiger partial charge in [-0.15, -0.1) is 0 Å². The van der Waals surface area contributed by atoms with Crippen molar-refractivity contribution in [2.45, 2.75) is 12.8 Å². The molecule has 0 aliphatic heterocycles. The fourth-order valence-corrected chi connectivity index (χ4v) is 1.37. The Bertz CT molecular complexity index is 312. The third-order valence-electron chi connectivity index (χ3n) is 2.44. The van der Waals surface area contributed by atoms with Crippen molar-refractivity contribution in [3.8, 4) is 0 Å². The maximum absolute atomic E-state index is 10.8. The quantitative estimate of drug-likeness (QED) is 0.298. The van der Waals surface area contributed by atoms with Gasteiger partial charge in [0, 0.05) is 26.3 Å². The van der Waals surface area contributed by atoms with Crippen LogP contribution in [0.3, 0.4) is 0 Å². The number of carboxylic acid groups (broad SMARTS) is 1. The number of amides is 2. The molecule has 0 saturated carbocycles. The highest BCUT2D eigenvalue weighted by atomic mass is 16.5. The Hall–Kier alpha value is -1.64. The molecule has 8 nitrogen and oxygen atoms in total. The molecule has 0 rings (SSSR count). The maximum atomic E-state index is 10.8. The molecule has 2 amide bonds. The van der Waals surface area contributed by atoms with Gasteiger partial charge in [-0.1, -0.05) is 6.58 Å². The Morgan fingerprint density at radius 3 is 1.77 bits per heavy atom. The van der Waals surface area contributed by atoms with Gasteiger partial charge in [-0.2, -0.15) is 0 Å². The lowest BCUT2D eigenvalue weighted by Crippen LogP contribution is -2.23. The average Bonchev–Trinajstić information content (AvgIpc) is 2.50. The standard InChI is InChI=1S/C14H26N2O6/c1-2-13(17)15-5-3-7-20-9-11-22-12-10-21-8-4-6-16-14(18)19/h2,16H,1,3-12H2,(H,15,17)(H,18,19). The van der Waals surface area contributed by atoms with E-state index in [1.54, 1.807) is 0 Å². The molecular formula is C14H26N2O6. The fraction of sp³-hybridized carbons (Fsp3) is 0.714. The highest BCUT2D eigenvalue weighted by Crippen LogP contribution is 1.85. The van der Waals surface area contributed by atoms with Crippen LogP contribution in [0, 0.1) is 0 Å². The number of ether oxygens (including phenoxy) is 3. The van der Waals surface area contributed by atoms with Crippen molar-refractivity contribution in [3.63, 3.8) is 0 Å². The van der Waals surface area contributed by atoms with Gasteiger partial charge in [-0.25, -0.2) is 4.79 Å². The van der Waals surface area contributed by atoms with Gasteiger partial charge in [-0.05, 0) is 18.9 Å². The second kappa shape index (κ2) is 15.7. The van der Waals surface area contributed by atoms with Crippen LogP contribution < -0.4 is 10.6 Å². The van der Waals surface area contributed by atoms with Gasteiger partial charge in [0.15, 0.2) is 0 Å². The first kappa shape index (κ1) is 20.4. The van der Waals surface area contributed by atoms with E-state index >= 15 is 0 Å². The van der Waals surface area contributed by atoms with Crippen LogP contribution >= 0.6 is 0 Å². The summed E-state index contributed by atoms with van der Waals surface area (Å²) in [6, 6.07) is 0. The van der Waals surface area contributed by atoms with E-state index in [0.717, 1.165) is 6.42 Å². The molecule has 0 aliphatic carbocycles. The van der Waals surface area contributed by atoms with E-state index in [1.165, 1.54) is 6.08 Å². The van der Waals surface area contributed by atoms with Crippen LogP contribution in [0.2, 0.25) is 0 Å². The van der Waals surface area contributed by atoms with Crippen molar-refractivity contribution >= 4 is 12.0 Å².